The van der Waals surface area contributed by atoms with Gasteiger partial charge in [-0.15, -0.1) is 0 Å². The minimum Gasteiger partial charge on any atom is -0.497 e. The van der Waals surface area contributed by atoms with Gasteiger partial charge >= 0.3 is 0 Å². The molecule has 1 amide bonds. The minimum absolute atomic E-state index is 0.0139. The van der Waals surface area contributed by atoms with Gasteiger partial charge in [0.1, 0.15) is 5.75 Å². The third-order valence-electron chi connectivity index (χ3n) is 3.86. The molecule has 1 heterocycles. The molecule has 1 aromatic carbocycles. The van der Waals surface area contributed by atoms with Gasteiger partial charge in [-0.1, -0.05) is 12.1 Å². The van der Waals surface area contributed by atoms with Crippen molar-refractivity contribution in [3.63, 3.8) is 0 Å². The van der Waals surface area contributed by atoms with Gasteiger partial charge in [0.2, 0.25) is 5.91 Å². The fourth-order valence-electron chi connectivity index (χ4n) is 2.38. The quantitative estimate of drug-likeness (QED) is 0.871. The first kappa shape index (κ1) is 13.9. The number of ether oxygens (including phenoxy) is 1. The van der Waals surface area contributed by atoms with E-state index in [0.717, 1.165) is 30.8 Å². The lowest BCUT2D eigenvalue weighted by Gasteiger charge is -2.24. The van der Waals surface area contributed by atoms with Crippen molar-refractivity contribution in [1.29, 1.82) is 0 Å². The van der Waals surface area contributed by atoms with Gasteiger partial charge in [-0.3, -0.25) is 4.79 Å². The van der Waals surface area contributed by atoms with Crippen LogP contribution in [-0.2, 0) is 4.79 Å². The number of benzene rings is 1. The van der Waals surface area contributed by atoms with Crippen molar-refractivity contribution >= 4 is 5.91 Å². The summed E-state index contributed by atoms with van der Waals surface area (Å²) in [7, 11) is 1.65. The first-order valence-electron chi connectivity index (χ1n) is 6.71. The highest BCUT2D eigenvalue weighted by Crippen LogP contribution is 2.26. The standard InChI is InChI=1S/C15H22N2O2/c1-11(12-5-4-6-13(9-12)19-3)17-14(18)15(2)7-8-16-10-15/h4-6,9,11,16H,7-8,10H2,1-3H3,(H,17,18)/t11-,15?/m1/s1. The van der Waals surface area contributed by atoms with E-state index in [1.54, 1.807) is 7.11 Å². The molecule has 1 unspecified atom stereocenters. The van der Waals surface area contributed by atoms with E-state index in [2.05, 4.69) is 10.6 Å². The first-order chi connectivity index (χ1) is 9.05. The van der Waals surface area contributed by atoms with Gasteiger partial charge in [-0.25, -0.2) is 0 Å². The lowest BCUT2D eigenvalue weighted by molar-refractivity contribution is -0.129. The van der Waals surface area contributed by atoms with Crippen LogP contribution < -0.4 is 15.4 Å². The average molecular weight is 262 g/mol. The van der Waals surface area contributed by atoms with Crippen molar-refractivity contribution in [3.8, 4) is 5.75 Å². The predicted octanol–water partition coefficient (Wildman–Crippen LogP) is 1.87. The fraction of sp³-hybridized carbons (Fsp3) is 0.533. The van der Waals surface area contributed by atoms with E-state index >= 15 is 0 Å². The Morgan fingerprint density at radius 1 is 1.53 bits per heavy atom. The highest BCUT2D eigenvalue weighted by molar-refractivity contribution is 5.83. The van der Waals surface area contributed by atoms with E-state index in [-0.39, 0.29) is 17.4 Å². The Morgan fingerprint density at radius 2 is 2.32 bits per heavy atom. The number of nitrogens with one attached hydrogen (secondary N) is 2. The van der Waals surface area contributed by atoms with E-state index in [4.69, 9.17) is 4.74 Å². The molecule has 4 nitrogen and oxygen atoms in total. The monoisotopic (exact) mass is 262 g/mol. The Labute approximate surface area is 114 Å². The average Bonchev–Trinajstić information content (AvgIpc) is 2.87. The van der Waals surface area contributed by atoms with Crippen molar-refractivity contribution < 1.29 is 9.53 Å². The molecule has 1 fully saturated rings. The summed E-state index contributed by atoms with van der Waals surface area (Å²) >= 11 is 0. The van der Waals surface area contributed by atoms with Gasteiger partial charge in [-0.05, 0) is 44.5 Å². The van der Waals surface area contributed by atoms with Gasteiger partial charge in [-0.2, -0.15) is 0 Å². The van der Waals surface area contributed by atoms with Crippen LogP contribution in [0.1, 0.15) is 31.9 Å². The Balaban J connectivity index is 2.03. The van der Waals surface area contributed by atoms with Crippen LogP contribution in [0.15, 0.2) is 24.3 Å². The van der Waals surface area contributed by atoms with Crippen LogP contribution in [0.25, 0.3) is 0 Å². The molecule has 2 N–H and O–H groups in total. The largest absolute Gasteiger partial charge is 0.497 e. The zero-order chi connectivity index (χ0) is 13.9. The number of hydrogen-bond acceptors (Lipinski definition) is 3. The second-order valence-corrected chi connectivity index (χ2v) is 5.46. The van der Waals surface area contributed by atoms with E-state index in [1.165, 1.54) is 0 Å². The Bertz CT molecular complexity index is 453. The summed E-state index contributed by atoms with van der Waals surface area (Å²) in [5, 5.41) is 6.34. The van der Waals surface area contributed by atoms with Crippen LogP contribution in [0.5, 0.6) is 5.75 Å². The van der Waals surface area contributed by atoms with E-state index in [0.29, 0.717) is 0 Å². The molecule has 0 aromatic heterocycles. The maximum absolute atomic E-state index is 12.3. The SMILES string of the molecule is COc1cccc([C@@H](C)NC(=O)C2(C)CCNC2)c1. The number of carbonyl (C=O) groups excluding carboxylic acids is 1. The number of carbonyl (C=O) groups is 1. The van der Waals surface area contributed by atoms with Crippen molar-refractivity contribution in [1.82, 2.24) is 10.6 Å². The number of amides is 1. The van der Waals surface area contributed by atoms with Crippen LogP contribution >= 0.6 is 0 Å². The van der Waals surface area contributed by atoms with E-state index in [1.807, 2.05) is 38.1 Å². The third-order valence-corrected chi connectivity index (χ3v) is 3.86. The molecule has 104 valence electrons. The van der Waals surface area contributed by atoms with Crippen LogP contribution in [-0.4, -0.2) is 26.1 Å². The van der Waals surface area contributed by atoms with Crippen molar-refractivity contribution in [3.05, 3.63) is 29.8 Å². The topological polar surface area (TPSA) is 50.4 Å². The lowest BCUT2D eigenvalue weighted by Crippen LogP contribution is -2.41. The molecule has 1 aromatic rings. The molecule has 0 saturated carbocycles. The molecule has 1 aliphatic heterocycles. The van der Waals surface area contributed by atoms with Gasteiger partial charge in [0.15, 0.2) is 0 Å². The number of methoxy groups -OCH3 is 1. The summed E-state index contributed by atoms with van der Waals surface area (Å²) in [6.07, 6.45) is 0.893. The molecule has 1 saturated heterocycles. The summed E-state index contributed by atoms with van der Waals surface area (Å²) in [6, 6.07) is 7.79. The summed E-state index contributed by atoms with van der Waals surface area (Å²) in [5.74, 6) is 0.931. The molecule has 0 spiro atoms. The van der Waals surface area contributed by atoms with Gasteiger partial charge in [0, 0.05) is 6.54 Å². The lowest BCUT2D eigenvalue weighted by atomic mass is 9.88. The Morgan fingerprint density at radius 3 is 2.95 bits per heavy atom. The molecular weight excluding hydrogens is 240 g/mol. The number of hydrogen-bond donors (Lipinski definition) is 2. The Kier molecular flexibility index (Phi) is 4.10. The van der Waals surface area contributed by atoms with Crippen molar-refractivity contribution in [2.24, 2.45) is 5.41 Å². The third kappa shape index (κ3) is 3.07. The maximum Gasteiger partial charge on any atom is 0.227 e. The van der Waals surface area contributed by atoms with Crippen LogP contribution in [0, 0.1) is 5.41 Å². The molecule has 19 heavy (non-hydrogen) atoms. The normalized spacial score (nSPS) is 23.9. The number of rotatable bonds is 4. The summed E-state index contributed by atoms with van der Waals surface area (Å²) in [5.41, 5.74) is 0.773. The zero-order valence-corrected chi connectivity index (χ0v) is 11.8. The first-order valence-corrected chi connectivity index (χ1v) is 6.71. The molecule has 2 atom stereocenters. The molecule has 1 aliphatic rings. The molecule has 2 rings (SSSR count). The van der Waals surface area contributed by atoms with Crippen LogP contribution in [0.2, 0.25) is 0 Å². The van der Waals surface area contributed by atoms with Crippen molar-refractivity contribution in [2.75, 3.05) is 20.2 Å². The summed E-state index contributed by atoms with van der Waals surface area (Å²) < 4.78 is 5.21. The maximum atomic E-state index is 12.3. The minimum atomic E-state index is -0.285. The highest BCUT2D eigenvalue weighted by atomic mass is 16.5. The summed E-state index contributed by atoms with van der Waals surface area (Å²) in [6.45, 7) is 5.68. The summed E-state index contributed by atoms with van der Waals surface area (Å²) in [4.78, 5) is 12.3. The molecular formula is C15H22N2O2. The van der Waals surface area contributed by atoms with Gasteiger partial charge < -0.3 is 15.4 Å². The van der Waals surface area contributed by atoms with E-state index in [9.17, 15) is 4.79 Å². The molecule has 4 heteroatoms. The van der Waals surface area contributed by atoms with Crippen LogP contribution in [0.4, 0.5) is 0 Å². The fourth-order valence-corrected chi connectivity index (χ4v) is 2.38. The molecule has 0 aliphatic carbocycles. The smallest absolute Gasteiger partial charge is 0.227 e. The van der Waals surface area contributed by atoms with Crippen LogP contribution in [0.3, 0.4) is 0 Å². The second kappa shape index (κ2) is 5.61. The van der Waals surface area contributed by atoms with Gasteiger partial charge in [0.25, 0.3) is 0 Å². The van der Waals surface area contributed by atoms with Gasteiger partial charge in [0.05, 0.1) is 18.6 Å². The second-order valence-electron chi connectivity index (χ2n) is 5.46. The van der Waals surface area contributed by atoms with Crippen molar-refractivity contribution in [2.45, 2.75) is 26.3 Å². The molecule has 0 radical (unpaired) electrons. The molecule has 0 bridgehead atoms. The predicted molar refractivity (Wildman–Crippen MR) is 75.1 cm³/mol. The highest BCUT2D eigenvalue weighted by Gasteiger charge is 2.36. The zero-order valence-electron chi connectivity index (χ0n) is 11.8. The Hall–Kier alpha value is -1.55. The van der Waals surface area contributed by atoms with E-state index < -0.39 is 0 Å².